The van der Waals surface area contributed by atoms with Crippen LogP contribution in [0.2, 0.25) is 0 Å². The van der Waals surface area contributed by atoms with Gasteiger partial charge in [0.05, 0.1) is 55.2 Å². The average molecular weight is 1380 g/mol. The minimum absolute atomic E-state index is 0.0568. The van der Waals surface area contributed by atoms with Crippen molar-refractivity contribution < 1.29 is 52.1 Å². The number of hydrogen-bond acceptors (Lipinski definition) is 13. The van der Waals surface area contributed by atoms with Crippen molar-refractivity contribution in [3.8, 4) is 0 Å². The van der Waals surface area contributed by atoms with Crippen LogP contribution in [0.1, 0.15) is 298 Å². The van der Waals surface area contributed by atoms with Crippen LogP contribution in [0.5, 0.6) is 0 Å². The summed E-state index contributed by atoms with van der Waals surface area (Å²) in [6, 6.07) is 29.6. The van der Waals surface area contributed by atoms with E-state index in [1.54, 1.807) is 36.4 Å². The second kappa shape index (κ2) is 47.7. The maximum atomic E-state index is 11.7. The Morgan fingerprint density at radius 2 is 0.817 bits per heavy atom. The Kier molecular flexibility index (Phi) is 45.1. The van der Waals surface area contributed by atoms with Crippen molar-refractivity contribution in [2.24, 2.45) is 29.6 Å². The molecule has 0 bridgehead atoms. The standard InChI is InChI=1S/C21H36O3S.2C19H32O3S.C18H30O3S/c1-7-16(2)14-17(3)8-9-18(4)15-19(5)20-10-12-21(13-11-20)25(22,23)24-6;1-5-6-11-16(2)12-7-8-13-17(3)18-14-9-10-15-19(18)23-22-21-20-4;1-5-6-7-8-9-10-11-16-19(2,3)17-12-14-18(15-13-17)23(20,21)22-4;1-6-8-15(2)9-7-14-18(3,4)16-10-12-17(13-11-16)22(19,20)21-5/h10-13,16-19H,7-9,14-15H2,1-6H3;9-10,14-17H,5-8,11-13H2,1-4H3;12-15H,5-11,16H2,1-4H3;10-13,15H,6-9,14H2,1-5H3. The smallest absolute Gasteiger partial charge is 0.270 e. The third-order valence-electron chi connectivity index (χ3n) is 18.6. The first-order chi connectivity index (χ1) is 43.9. The van der Waals surface area contributed by atoms with Gasteiger partial charge in [-0.15, -0.1) is 4.33 Å². The van der Waals surface area contributed by atoms with Gasteiger partial charge in [-0.3, -0.25) is 12.5 Å². The van der Waals surface area contributed by atoms with Gasteiger partial charge in [0.2, 0.25) is 0 Å². The summed E-state index contributed by atoms with van der Waals surface area (Å²) in [7, 11) is -5.79. The highest BCUT2D eigenvalue weighted by molar-refractivity contribution is 7.94. The molecule has 0 aliphatic heterocycles. The summed E-state index contributed by atoms with van der Waals surface area (Å²) in [6.45, 7) is 34.2. The third-order valence-corrected chi connectivity index (χ3v) is 23.2. The minimum atomic E-state index is -3.59. The molecule has 4 rings (SSSR count). The predicted octanol–water partition coefficient (Wildman–Crippen LogP) is 23.0. The van der Waals surface area contributed by atoms with Crippen molar-refractivity contribution in [3.05, 3.63) is 119 Å². The Hall–Kier alpha value is -3.16. The van der Waals surface area contributed by atoms with Crippen LogP contribution >= 0.6 is 12.0 Å². The molecule has 0 aliphatic rings. The first-order valence-corrected chi connectivity index (χ1v) is 40.3. The first-order valence-electron chi connectivity index (χ1n) is 35.3. The van der Waals surface area contributed by atoms with Crippen LogP contribution in [0, 0.1) is 29.6 Å². The molecule has 0 saturated carbocycles. The van der Waals surface area contributed by atoms with E-state index in [4.69, 9.17) is 4.33 Å². The van der Waals surface area contributed by atoms with Gasteiger partial charge in [-0.1, -0.05) is 292 Å². The fourth-order valence-corrected chi connectivity index (χ4v) is 14.6. The van der Waals surface area contributed by atoms with Crippen LogP contribution in [-0.4, -0.2) is 53.7 Å². The van der Waals surface area contributed by atoms with E-state index in [1.807, 2.05) is 42.5 Å². The van der Waals surface area contributed by atoms with Gasteiger partial charge in [0, 0.05) is 4.90 Å². The second-order valence-electron chi connectivity index (χ2n) is 27.9. The van der Waals surface area contributed by atoms with Crippen molar-refractivity contribution in [1.29, 1.82) is 0 Å². The molecule has 0 fully saturated rings. The highest BCUT2D eigenvalue weighted by atomic mass is 32.2. The molecule has 4 aromatic carbocycles. The van der Waals surface area contributed by atoms with Gasteiger partial charge in [0.25, 0.3) is 30.4 Å². The minimum Gasteiger partial charge on any atom is -0.270 e. The molecule has 7 atom stereocenters. The molecule has 0 amide bonds. The molecule has 0 N–H and O–H groups in total. The van der Waals surface area contributed by atoms with E-state index in [9.17, 15) is 25.3 Å². The molecule has 0 radical (unpaired) electrons. The maximum absolute atomic E-state index is 11.7. The zero-order chi connectivity index (χ0) is 70.1. The van der Waals surface area contributed by atoms with E-state index < -0.39 is 30.4 Å². The first kappa shape index (κ1) is 87.9. The Morgan fingerprint density at radius 1 is 0.398 bits per heavy atom. The lowest BCUT2D eigenvalue weighted by Gasteiger charge is -2.26. The molecule has 4 aromatic rings. The monoisotopic (exact) mass is 1370 g/mol. The quantitative estimate of drug-likeness (QED) is 0.0136. The Bertz CT molecular complexity index is 2880. The van der Waals surface area contributed by atoms with E-state index in [2.05, 4.69) is 145 Å². The molecule has 93 heavy (non-hydrogen) atoms. The molecule has 12 nitrogen and oxygen atoms in total. The van der Waals surface area contributed by atoms with Crippen LogP contribution in [0.15, 0.2) is 117 Å². The number of unbranched alkanes of at least 4 members (excludes halogenated alkanes) is 8. The zero-order valence-corrected chi connectivity index (χ0v) is 64.8. The number of hydrogen-bond donors (Lipinski definition) is 0. The number of benzene rings is 4. The normalized spacial score (nSPS) is 14.4. The van der Waals surface area contributed by atoms with Gasteiger partial charge >= 0.3 is 0 Å². The lowest BCUT2D eigenvalue weighted by atomic mass is 9.79. The highest BCUT2D eigenvalue weighted by Gasteiger charge is 2.24. The molecule has 0 aliphatic carbocycles. The van der Waals surface area contributed by atoms with Crippen LogP contribution in [0.4, 0.5) is 0 Å². The predicted molar refractivity (Wildman–Crippen MR) is 390 cm³/mol. The average Bonchev–Trinajstić information content (AvgIpc) is 0.966. The van der Waals surface area contributed by atoms with E-state index in [0.717, 1.165) is 47.8 Å². The van der Waals surface area contributed by atoms with Gasteiger partial charge in [-0.2, -0.15) is 25.3 Å². The fraction of sp³-hybridized carbons (Fsp3) is 0.688. The number of rotatable bonds is 44. The molecular weight excluding hydrogens is 1250 g/mol. The topological polar surface area (TPSA) is 158 Å². The molecule has 16 heteroatoms. The van der Waals surface area contributed by atoms with Crippen LogP contribution in [0.3, 0.4) is 0 Å². The Balaban J connectivity index is 0.000000621. The molecule has 534 valence electrons. The molecular formula is C77H130O12S4. The van der Waals surface area contributed by atoms with Gasteiger partial charge in [-0.05, 0) is 149 Å². The van der Waals surface area contributed by atoms with E-state index in [0.29, 0.717) is 17.8 Å². The largest absolute Gasteiger partial charge is 0.296 e. The summed E-state index contributed by atoms with van der Waals surface area (Å²) < 4.78 is 88.6. The van der Waals surface area contributed by atoms with Crippen molar-refractivity contribution >= 4 is 42.4 Å². The summed E-state index contributed by atoms with van der Waals surface area (Å²) in [4.78, 5) is 6.19. The second-order valence-corrected chi connectivity index (χ2v) is 33.8. The van der Waals surface area contributed by atoms with E-state index in [1.165, 1.54) is 204 Å². The Morgan fingerprint density at radius 3 is 1.29 bits per heavy atom. The van der Waals surface area contributed by atoms with E-state index >= 15 is 0 Å². The molecule has 0 aromatic heterocycles. The Labute approximate surface area is 574 Å². The van der Waals surface area contributed by atoms with Crippen molar-refractivity contribution in [3.63, 3.8) is 0 Å². The SMILES string of the molecule is CCC(C)CC(C)CCC(C)CC(C)c1ccc(S(=O)(=O)OC)cc1.CCCC(C)CCCC(C)(C)c1ccc(S(=O)(=O)OC)cc1.CCCCC(C)CCCCC(C)c1ccccc1SOOOC.CCCCCCCCCC(C)(C)c1ccc(S(=O)(=O)OC)cc1. The van der Waals surface area contributed by atoms with E-state index in [-0.39, 0.29) is 25.5 Å². The summed E-state index contributed by atoms with van der Waals surface area (Å²) in [5, 5.41) is 4.49. The summed E-state index contributed by atoms with van der Waals surface area (Å²) in [5.41, 5.74) is 4.98. The fourth-order valence-electron chi connectivity index (χ4n) is 12.0. The third kappa shape index (κ3) is 36.3. The van der Waals surface area contributed by atoms with Crippen LogP contribution < -0.4 is 0 Å². The molecule has 0 saturated heterocycles. The molecule has 0 heterocycles. The molecule has 0 spiro atoms. The van der Waals surface area contributed by atoms with Crippen molar-refractivity contribution in [1.82, 2.24) is 0 Å². The lowest BCUT2D eigenvalue weighted by molar-refractivity contribution is -0.447. The summed E-state index contributed by atoms with van der Waals surface area (Å²) in [6.07, 6.45) is 31.9. The summed E-state index contributed by atoms with van der Waals surface area (Å²) in [5.74, 6) is 4.91. The van der Waals surface area contributed by atoms with Gasteiger partial charge in [0.1, 0.15) is 0 Å². The lowest BCUT2D eigenvalue weighted by Crippen LogP contribution is -2.17. The van der Waals surface area contributed by atoms with Gasteiger partial charge < -0.3 is 0 Å². The zero-order valence-electron chi connectivity index (χ0n) is 61.5. The van der Waals surface area contributed by atoms with Gasteiger partial charge in [-0.25, -0.2) is 4.89 Å². The molecule has 7 unspecified atom stereocenters. The van der Waals surface area contributed by atoms with Crippen LogP contribution in [0.25, 0.3) is 0 Å². The van der Waals surface area contributed by atoms with Crippen molar-refractivity contribution in [2.75, 3.05) is 28.4 Å². The van der Waals surface area contributed by atoms with Crippen molar-refractivity contribution in [2.45, 2.75) is 307 Å². The highest BCUT2D eigenvalue weighted by Crippen LogP contribution is 2.35. The summed E-state index contributed by atoms with van der Waals surface area (Å²) >= 11 is 1.21. The maximum Gasteiger partial charge on any atom is 0.296 e. The van der Waals surface area contributed by atoms with Gasteiger partial charge in [0.15, 0.2) is 0 Å². The van der Waals surface area contributed by atoms with Crippen LogP contribution in [-0.2, 0) is 68.0 Å².